The minimum absolute atomic E-state index is 0.216. The van der Waals surface area contributed by atoms with E-state index in [-0.39, 0.29) is 6.04 Å². The molecular weight excluding hydrogens is 226 g/mol. The second-order valence-corrected chi connectivity index (χ2v) is 5.15. The molecule has 5 nitrogen and oxygen atoms in total. The highest BCUT2D eigenvalue weighted by Gasteiger charge is 2.06. The molecule has 3 N–H and O–H groups in total. The van der Waals surface area contributed by atoms with Crippen LogP contribution in [0.1, 0.15) is 27.2 Å². The number of hydrogen-bond donors (Lipinski definition) is 2. The first kappa shape index (κ1) is 14.7. The van der Waals surface area contributed by atoms with Crippen molar-refractivity contribution in [1.82, 2.24) is 9.97 Å². The van der Waals surface area contributed by atoms with E-state index in [0.29, 0.717) is 12.5 Å². The van der Waals surface area contributed by atoms with Gasteiger partial charge in [-0.25, -0.2) is 9.97 Å². The van der Waals surface area contributed by atoms with Gasteiger partial charge in [-0.2, -0.15) is 0 Å². The summed E-state index contributed by atoms with van der Waals surface area (Å²) in [6.07, 6.45) is 2.75. The minimum Gasteiger partial charge on any atom is -0.366 e. The maximum absolute atomic E-state index is 5.58. The number of nitrogens with two attached hydrogens (primary N) is 1. The van der Waals surface area contributed by atoms with Gasteiger partial charge in [-0.3, -0.25) is 0 Å². The molecule has 0 aliphatic rings. The summed E-state index contributed by atoms with van der Waals surface area (Å²) in [6, 6.07) is 2.18. The SMILES string of the molecule is CC(C)CCN(C)c1cc(NC(C)CN)ncn1. The molecule has 0 amide bonds. The van der Waals surface area contributed by atoms with Crippen molar-refractivity contribution in [2.75, 3.05) is 30.4 Å². The molecular formula is C13H25N5. The molecule has 5 heteroatoms. The molecule has 1 aromatic heterocycles. The lowest BCUT2D eigenvalue weighted by Crippen LogP contribution is -2.26. The standard InChI is InChI=1S/C13H25N5/c1-10(2)5-6-18(4)13-7-12(15-9-16-13)17-11(3)8-14/h7,9-11H,5-6,8,14H2,1-4H3,(H,15,16,17). The monoisotopic (exact) mass is 251 g/mol. The molecule has 0 bridgehead atoms. The predicted octanol–water partition coefficient (Wildman–Crippen LogP) is 1.72. The van der Waals surface area contributed by atoms with Crippen LogP contribution in [0, 0.1) is 5.92 Å². The van der Waals surface area contributed by atoms with Gasteiger partial charge in [0.05, 0.1) is 0 Å². The fourth-order valence-electron chi connectivity index (χ4n) is 1.51. The zero-order valence-corrected chi connectivity index (χ0v) is 11.8. The van der Waals surface area contributed by atoms with Crippen molar-refractivity contribution >= 4 is 11.6 Å². The van der Waals surface area contributed by atoms with Crippen molar-refractivity contribution in [2.45, 2.75) is 33.2 Å². The van der Waals surface area contributed by atoms with Gasteiger partial charge >= 0.3 is 0 Å². The molecule has 0 fully saturated rings. The number of anilines is 2. The molecule has 1 aromatic rings. The largest absolute Gasteiger partial charge is 0.366 e. The molecule has 0 aliphatic carbocycles. The fourth-order valence-corrected chi connectivity index (χ4v) is 1.51. The van der Waals surface area contributed by atoms with Crippen LogP contribution in [0.4, 0.5) is 11.6 Å². The van der Waals surface area contributed by atoms with E-state index in [4.69, 9.17) is 5.73 Å². The van der Waals surface area contributed by atoms with Gasteiger partial charge in [0.15, 0.2) is 0 Å². The first-order valence-corrected chi connectivity index (χ1v) is 6.52. The Balaban J connectivity index is 2.63. The van der Waals surface area contributed by atoms with Crippen LogP contribution in [0.3, 0.4) is 0 Å². The summed E-state index contributed by atoms with van der Waals surface area (Å²) >= 11 is 0. The van der Waals surface area contributed by atoms with Gasteiger partial charge in [-0.1, -0.05) is 13.8 Å². The Labute approximate surface area is 110 Å². The smallest absolute Gasteiger partial charge is 0.133 e. The quantitative estimate of drug-likeness (QED) is 0.772. The van der Waals surface area contributed by atoms with Crippen LogP contribution < -0.4 is 16.0 Å². The first-order chi connectivity index (χ1) is 8.52. The zero-order chi connectivity index (χ0) is 13.5. The number of nitrogens with zero attached hydrogens (tertiary/aromatic N) is 3. The van der Waals surface area contributed by atoms with Crippen molar-refractivity contribution in [3.05, 3.63) is 12.4 Å². The van der Waals surface area contributed by atoms with E-state index in [0.717, 1.165) is 24.6 Å². The Kier molecular flexibility index (Phi) is 5.85. The summed E-state index contributed by atoms with van der Waals surface area (Å²) in [6.45, 7) is 8.07. The third-order valence-corrected chi connectivity index (χ3v) is 2.83. The second kappa shape index (κ2) is 7.16. The van der Waals surface area contributed by atoms with Crippen molar-refractivity contribution in [1.29, 1.82) is 0 Å². The molecule has 0 aromatic carbocycles. The molecule has 1 unspecified atom stereocenters. The second-order valence-electron chi connectivity index (χ2n) is 5.15. The topological polar surface area (TPSA) is 67.1 Å². The number of rotatable bonds is 7. The summed E-state index contributed by atoms with van der Waals surface area (Å²) in [4.78, 5) is 10.6. The summed E-state index contributed by atoms with van der Waals surface area (Å²) in [5, 5.41) is 3.25. The maximum atomic E-state index is 5.58. The first-order valence-electron chi connectivity index (χ1n) is 6.52. The van der Waals surface area contributed by atoms with Crippen molar-refractivity contribution in [3.63, 3.8) is 0 Å². The third kappa shape index (κ3) is 4.87. The van der Waals surface area contributed by atoms with E-state index in [1.165, 1.54) is 0 Å². The van der Waals surface area contributed by atoms with Crippen LogP contribution in [-0.2, 0) is 0 Å². The maximum Gasteiger partial charge on any atom is 0.133 e. The molecule has 0 saturated carbocycles. The molecule has 0 aliphatic heterocycles. The summed E-state index contributed by atoms with van der Waals surface area (Å²) in [5.74, 6) is 2.47. The van der Waals surface area contributed by atoms with E-state index in [1.807, 2.05) is 13.0 Å². The molecule has 0 spiro atoms. The minimum atomic E-state index is 0.216. The van der Waals surface area contributed by atoms with E-state index in [9.17, 15) is 0 Å². The Bertz CT molecular complexity index is 353. The van der Waals surface area contributed by atoms with Crippen LogP contribution in [-0.4, -0.2) is 36.1 Å². The lowest BCUT2D eigenvalue weighted by molar-refractivity contribution is 0.583. The molecule has 0 radical (unpaired) electrons. The van der Waals surface area contributed by atoms with Crippen LogP contribution in [0.5, 0.6) is 0 Å². The third-order valence-electron chi connectivity index (χ3n) is 2.83. The Hall–Kier alpha value is -1.36. The van der Waals surface area contributed by atoms with E-state index in [2.05, 4.69) is 41.1 Å². The van der Waals surface area contributed by atoms with Crippen LogP contribution in [0.15, 0.2) is 12.4 Å². The van der Waals surface area contributed by atoms with Crippen LogP contribution >= 0.6 is 0 Å². The zero-order valence-electron chi connectivity index (χ0n) is 11.8. The number of hydrogen-bond acceptors (Lipinski definition) is 5. The van der Waals surface area contributed by atoms with Gasteiger partial charge < -0.3 is 16.0 Å². The highest BCUT2D eigenvalue weighted by Crippen LogP contribution is 2.14. The van der Waals surface area contributed by atoms with Crippen molar-refractivity contribution < 1.29 is 0 Å². The molecule has 102 valence electrons. The lowest BCUT2D eigenvalue weighted by Gasteiger charge is -2.20. The summed E-state index contributed by atoms with van der Waals surface area (Å²) in [5.41, 5.74) is 5.58. The predicted molar refractivity (Wildman–Crippen MR) is 76.9 cm³/mol. The number of aromatic nitrogens is 2. The Morgan fingerprint density at radius 2 is 2.06 bits per heavy atom. The van der Waals surface area contributed by atoms with Crippen molar-refractivity contribution in [3.8, 4) is 0 Å². The van der Waals surface area contributed by atoms with Crippen LogP contribution in [0.2, 0.25) is 0 Å². The average Bonchev–Trinajstić information content (AvgIpc) is 2.36. The highest BCUT2D eigenvalue weighted by atomic mass is 15.2. The van der Waals surface area contributed by atoms with Gasteiger partial charge in [0.1, 0.15) is 18.0 Å². The molecule has 1 rings (SSSR count). The van der Waals surface area contributed by atoms with E-state index < -0.39 is 0 Å². The lowest BCUT2D eigenvalue weighted by atomic mass is 10.1. The summed E-state index contributed by atoms with van der Waals surface area (Å²) < 4.78 is 0. The Morgan fingerprint density at radius 3 is 2.67 bits per heavy atom. The van der Waals surface area contributed by atoms with E-state index in [1.54, 1.807) is 6.33 Å². The van der Waals surface area contributed by atoms with Gasteiger partial charge in [-0.05, 0) is 19.3 Å². The summed E-state index contributed by atoms with van der Waals surface area (Å²) in [7, 11) is 2.06. The van der Waals surface area contributed by atoms with Gasteiger partial charge in [0.25, 0.3) is 0 Å². The van der Waals surface area contributed by atoms with Gasteiger partial charge in [0.2, 0.25) is 0 Å². The van der Waals surface area contributed by atoms with E-state index >= 15 is 0 Å². The average molecular weight is 251 g/mol. The van der Waals surface area contributed by atoms with Gasteiger partial charge in [0, 0.05) is 32.2 Å². The van der Waals surface area contributed by atoms with Crippen LogP contribution in [0.25, 0.3) is 0 Å². The molecule has 18 heavy (non-hydrogen) atoms. The molecule has 1 heterocycles. The Morgan fingerprint density at radius 1 is 1.33 bits per heavy atom. The molecule has 0 saturated heterocycles. The van der Waals surface area contributed by atoms with Crippen molar-refractivity contribution in [2.24, 2.45) is 11.7 Å². The number of nitrogens with one attached hydrogen (secondary N) is 1. The normalized spacial score (nSPS) is 12.6. The fraction of sp³-hybridized carbons (Fsp3) is 0.692. The highest BCUT2D eigenvalue weighted by molar-refractivity contribution is 5.48. The van der Waals surface area contributed by atoms with Gasteiger partial charge in [-0.15, -0.1) is 0 Å². The molecule has 1 atom stereocenters.